The van der Waals surface area contributed by atoms with Crippen molar-refractivity contribution in [1.82, 2.24) is 13.9 Å². The van der Waals surface area contributed by atoms with Crippen LogP contribution >= 0.6 is 0 Å². The second-order valence-corrected chi connectivity index (χ2v) is 11.6. The van der Waals surface area contributed by atoms with Crippen LogP contribution in [0.3, 0.4) is 0 Å². The van der Waals surface area contributed by atoms with E-state index in [1.807, 2.05) is 0 Å². The summed E-state index contributed by atoms with van der Waals surface area (Å²) in [4.78, 5) is 19.1. The maximum atomic E-state index is 13.7. The van der Waals surface area contributed by atoms with Crippen LogP contribution in [-0.4, -0.2) is 80.3 Å². The van der Waals surface area contributed by atoms with Crippen molar-refractivity contribution in [1.29, 1.82) is 0 Å². The maximum absolute atomic E-state index is 13.7. The van der Waals surface area contributed by atoms with Gasteiger partial charge in [-0.25, -0.2) is 8.42 Å². The van der Waals surface area contributed by atoms with E-state index in [2.05, 4.69) is 9.97 Å². The molecule has 2 heterocycles. The summed E-state index contributed by atoms with van der Waals surface area (Å²) in [6.45, 7) is -0.0413. The molecule has 0 fully saturated rings. The van der Waals surface area contributed by atoms with Gasteiger partial charge in [0.1, 0.15) is 5.75 Å². The van der Waals surface area contributed by atoms with Crippen molar-refractivity contribution >= 4 is 67.8 Å². The number of aryl methyl sites for hydroxylation is 1. The molecule has 0 amide bonds. The second kappa shape index (κ2) is 12.9. The van der Waals surface area contributed by atoms with Gasteiger partial charge < -0.3 is 14.4 Å². The summed E-state index contributed by atoms with van der Waals surface area (Å²) in [5.74, 6) is -1.40. The van der Waals surface area contributed by atoms with Gasteiger partial charge in [-0.15, -0.1) is 0 Å². The Morgan fingerprint density at radius 3 is 2.45 bits per heavy atom. The number of hydrogen-bond donors (Lipinski definition) is 1. The number of para-hydroxylation sites is 2. The predicted molar refractivity (Wildman–Crippen MR) is 143 cm³/mol. The third-order valence-corrected chi connectivity index (χ3v) is 8.75. The Morgan fingerprint density at radius 1 is 1.12 bits per heavy atom. The number of carboxylic acid groups (broad SMARTS) is 1. The molecule has 0 aliphatic heterocycles. The van der Waals surface area contributed by atoms with Crippen molar-refractivity contribution in [3.63, 3.8) is 0 Å². The van der Waals surface area contributed by atoms with E-state index in [0.29, 0.717) is 5.56 Å². The summed E-state index contributed by atoms with van der Waals surface area (Å²) in [6, 6.07) is 13.3. The number of aliphatic carboxylic acids is 1. The van der Waals surface area contributed by atoms with E-state index in [-0.39, 0.29) is 86.2 Å². The Kier molecular flexibility index (Phi) is 10.3. The molecule has 0 saturated heterocycles. The van der Waals surface area contributed by atoms with E-state index in [1.54, 1.807) is 18.2 Å². The number of imidazole rings is 1. The standard InChI is InChI=1S/C25H22F3N3O6S2.Na.H/c1-16-20(29-13-12-22(16)37-15-25(26,27)28)14-38(34)24-30-19-4-2-3-5-21(19)31(24)39(35,36)18-9-6-17(7-10-18)8-11-23(32)33;;/h2-7,9-10,12-13H,8,11,14-15H2,1H3,(H,32,33);;. The van der Waals surface area contributed by atoms with Crippen molar-refractivity contribution in [2.45, 2.75) is 41.7 Å². The first-order valence-electron chi connectivity index (χ1n) is 11.4. The van der Waals surface area contributed by atoms with E-state index in [1.165, 1.54) is 49.5 Å². The number of hydrogen-bond acceptors (Lipinski definition) is 7. The number of carbonyl (C=O) groups is 1. The fourth-order valence-electron chi connectivity index (χ4n) is 3.75. The number of alkyl halides is 3. The van der Waals surface area contributed by atoms with Crippen LogP contribution in [0.25, 0.3) is 11.0 Å². The van der Waals surface area contributed by atoms with Crippen molar-refractivity contribution in [3.8, 4) is 5.75 Å². The van der Waals surface area contributed by atoms with Crippen LogP contribution in [0.2, 0.25) is 0 Å². The van der Waals surface area contributed by atoms with Gasteiger partial charge in [0.2, 0.25) is 0 Å². The van der Waals surface area contributed by atoms with Gasteiger partial charge in [0, 0.05) is 29.4 Å². The monoisotopic (exact) mass is 605 g/mol. The molecule has 9 nitrogen and oxygen atoms in total. The molecule has 208 valence electrons. The molecule has 1 unspecified atom stereocenters. The summed E-state index contributed by atoms with van der Waals surface area (Å²) >= 11 is -2.08. The SMILES string of the molecule is Cc1c(OCC(F)(F)F)ccnc1C[S+]([O-])c1nc2ccccc2n1S(=O)(=O)c1ccc(CCC(=O)O)cc1.[NaH]. The molecule has 2 aromatic carbocycles. The van der Waals surface area contributed by atoms with Crippen LogP contribution in [0, 0.1) is 6.92 Å². The van der Waals surface area contributed by atoms with Gasteiger partial charge in [-0.3, -0.25) is 9.78 Å². The van der Waals surface area contributed by atoms with E-state index < -0.39 is 40.0 Å². The fraction of sp³-hybridized carbons (Fsp3) is 0.240. The number of fused-ring (bicyclic) bond motifs is 1. The molecule has 15 heteroatoms. The molecule has 2 aromatic heterocycles. The van der Waals surface area contributed by atoms with Crippen molar-refractivity contribution < 1.29 is 40.8 Å². The minimum atomic E-state index is -4.55. The molecule has 40 heavy (non-hydrogen) atoms. The van der Waals surface area contributed by atoms with Crippen molar-refractivity contribution in [3.05, 3.63) is 77.6 Å². The van der Waals surface area contributed by atoms with Crippen LogP contribution in [-0.2, 0) is 38.2 Å². The third-order valence-electron chi connectivity index (χ3n) is 5.70. The quantitative estimate of drug-likeness (QED) is 0.214. The van der Waals surface area contributed by atoms with Crippen LogP contribution < -0.4 is 4.74 Å². The predicted octanol–water partition coefficient (Wildman–Crippen LogP) is 3.59. The summed E-state index contributed by atoms with van der Waals surface area (Å²) in [7, 11) is -4.31. The first kappa shape index (κ1) is 31.9. The van der Waals surface area contributed by atoms with Crippen LogP contribution in [0.15, 0.2) is 70.8 Å². The number of rotatable bonds is 10. The normalized spacial score (nSPS) is 12.6. The summed E-state index contributed by atoms with van der Waals surface area (Å²) in [6.07, 6.45) is -3.22. The molecule has 4 aromatic rings. The number of aromatic nitrogens is 3. The average molecular weight is 606 g/mol. The zero-order chi connectivity index (χ0) is 28.4. The fourth-order valence-corrected chi connectivity index (χ4v) is 6.80. The molecule has 0 radical (unpaired) electrons. The minimum absolute atomic E-state index is 0. The van der Waals surface area contributed by atoms with E-state index in [4.69, 9.17) is 9.84 Å². The van der Waals surface area contributed by atoms with Crippen LogP contribution in [0.1, 0.15) is 23.2 Å². The van der Waals surface area contributed by atoms with Crippen LogP contribution in [0.4, 0.5) is 13.2 Å². The second-order valence-electron chi connectivity index (χ2n) is 8.46. The Bertz CT molecular complexity index is 1610. The molecule has 0 aliphatic carbocycles. The average Bonchev–Trinajstić information content (AvgIpc) is 3.28. The van der Waals surface area contributed by atoms with Crippen molar-refractivity contribution in [2.24, 2.45) is 0 Å². The molecule has 0 bridgehead atoms. The van der Waals surface area contributed by atoms with Gasteiger partial charge in [-0.1, -0.05) is 24.3 Å². The first-order valence-corrected chi connectivity index (χ1v) is 14.2. The van der Waals surface area contributed by atoms with Gasteiger partial charge in [-0.05, 0) is 49.2 Å². The molecule has 1 atom stereocenters. The number of halogens is 3. The van der Waals surface area contributed by atoms with Gasteiger partial charge in [0.15, 0.2) is 12.4 Å². The first-order chi connectivity index (χ1) is 18.4. The molecule has 0 aliphatic rings. The Hall–Kier alpha value is -2.62. The summed E-state index contributed by atoms with van der Waals surface area (Å²) < 4.78 is 84.5. The van der Waals surface area contributed by atoms with Gasteiger partial charge in [-0.2, -0.15) is 22.1 Å². The Morgan fingerprint density at radius 2 is 1.80 bits per heavy atom. The molecule has 0 spiro atoms. The third kappa shape index (κ3) is 7.36. The Labute approximate surface area is 252 Å². The zero-order valence-electron chi connectivity index (χ0n) is 20.4. The number of benzene rings is 2. The van der Waals surface area contributed by atoms with E-state index >= 15 is 0 Å². The molecule has 4 rings (SSSR count). The molecular formula is C25H23F3N3NaO6S2. The molecular weight excluding hydrogens is 582 g/mol. The van der Waals surface area contributed by atoms with Gasteiger partial charge in [0.25, 0.3) is 10.0 Å². The van der Waals surface area contributed by atoms with E-state index in [0.717, 1.165) is 3.97 Å². The van der Waals surface area contributed by atoms with E-state index in [9.17, 15) is 30.9 Å². The number of carboxylic acids is 1. The summed E-state index contributed by atoms with van der Waals surface area (Å²) in [5.41, 5.74) is 1.48. The number of nitrogens with zero attached hydrogens (tertiary/aromatic N) is 3. The number of pyridine rings is 1. The van der Waals surface area contributed by atoms with Gasteiger partial charge in [0.05, 0.1) is 21.6 Å². The molecule has 0 saturated carbocycles. The number of ether oxygens (including phenoxy) is 1. The van der Waals surface area contributed by atoms with Gasteiger partial charge >= 0.3 is 46.9 Å². The zero-order valence-corrected chi connectivity index (χ0v) is 22.0. The topological polar surface area (TPSA) is 134 Å². The Balaban J connectivity index is 0.00000441. The van der Waals surface area contributed by atoms with Crippen molar-refractivity contribution in [2.75, 3.05) is 6.61 Å². The summed E-state index contributed by atoms with van der Waals surface area (Å²) in [5, 5.41) is 8.59. The molecule has 1 N–H and O–H groups in total. The van der Waals surface area contributed by atoms with Crippen LogP contribution in [0.5, 0.6) is 5.75 Å².